The van der Waals surface area contributed by atoms with E-state index in [0.29, 0.717) is 5.41 Å². The van der Waals surface area contributed by atoms with Crippen molar-refractivity contribution in [3.63, 3.8) is 0 Å². The van der Waals surface area contributed by atoms with E-state index in [9.17, 15) is 0 Å². The molecule has 1 heteroatoms. The van der Waals surface area contributed by atoms with Gasteiger partial charge >= 0.3 is 0 Å². The van der Waals surface area contributed by atoms with E-state index in [1.165, 1.54) is 12.8 Å². The maximum Gasteiger partial charge on any atom is 0.0197 e. The SMILES string of the molecule is C=C(C)NCC1(C)CC1. The highest BCUT2D eigenvalue weighted by atomic mass is 14.9. The Morgan fingerprint density at radius 3 is 2.56 bits per heavy atom. The first-order valence-electron chi connectivity index (χ1n) is 3.52. The molecule has 0 heterocycles. The minimum absolute atomic E-state index is 0.610. The lowest BCUT2D eigenvalue weighted by Gasteiger charge is -2.09. The summed E-state index contributed by atoms with van der Waals surface area (Å²) in [5.74, 6) is 0. The van der Waals surface area contributed by atoms with Gasteiger partial charge < -0.3 is 5.32 Å². The summed E-state index contributed by atoms with van der Waals surface area (Å²) < 4.78 is 0. The fraction of sp³-hybridized carbons (Fsp3) is 0.750. The largest absolute Gasteiger partial charge is 0.388 e. The maximum absolute atomic E-state index is 3.77. The molecule has 1 rings (SSSR count). The summed E-state index contributed by atoms with van der Waals surface area (Å²) in [7, 11) is 0. The zero-order chi connectivity index (χ0) is 6.91. The molecule has 1 aliphatic rings. The van der Waals surface area contributed by atoms with Gasteiger partial charge in [-0.05, 0) is 25.2 Å². The summed E-state index contributed by atoms with van der Waals surface area (Å²) in [5.41, 5.74) is 1.70. The highest BCUT2D eigenvalue weighted by molar-refractivity contribution is 4.95. The van der Waals surface area contributed by atoms with Crippen molar-refractivity contribution in [1.29, 1.82) is 0 Å². The molecule has 0 aliphatic heterocycles. The van der Waals surface area contributed by atoms with Crippen molar-refractivity contribution in [3.8, 4) is 0 Å². The van der Waals surface area contributed by atoms with Crippen molar-refractivity contribution in [3.05, 3.63) is 12.3 Å². The second-order valence-corrected chi connectivity index (χ2v) is 3.44. The van der Waals surface area contributed by atoms with Gasteiger partial charge in [-0.1, -0.05) is 13.5 Å². The Hall–Kier alpha value is -0.460. The highest BCUT2D eigenvalue weighted by Crippen LogP contribution is 2.44. The van der Waals surface area contributed by atoms with Crippen LogP contribution in [0.4, 0.5) is 0 Å². The van der Waals surface area contributed by atoms with E-state index in [2.05, 4.69) is 18.8 Å². The van der Waals surface area contributed by atoms with Crippen molar-refractivity contribution in [1.82, 2.24) is 5.32 Å². The molecule has 0 aromatic rings. The van der Waals surface area contributed by atoms with E-state index in [1.807, 2.05) is 6.92 Å². The zero-order valence-corrected chi connectivity index (χ0v) is 6.33. The van der Waals surface area contributed by atoms with Crippen LogP contribution in [0, 0.1) is 5.41 Å². The van der Waals surface area contributed by atoms with Crippen LogP contribution in [0.1, 0.15) is 26.7 Å². The van der Waals surface area contributed by atoms with Crippen LogP contribution in [0.5, 0.6) is 0 Å². The quantitative estimate of drug-likeness (QED) is 0.607. The van der Waals surface area contributed by atoms with E-state index < -0.39 is 0 Å². The second kappa shape index (κ2) is 2.05. The van der Waals surface area contributed by atoms with E-state index in [1.54, 1.807) is 0 Å². The van der Waals surface area contributed by atoms with Gasteiger partial charge in [-0.25, -0.2) is 0 Å². The first-order chi connectivity index (χ1) is 4.12. The van der Waals surface area contributed by atoms with Gasteiger partial charge in [0.25, 0.3) is 0 Å². The van der Waals surface area contributed by atoms with Gasteiger partial charge in [0.15, 0.2) is 0 Å². The number of nitrogens with one attached hydrogen (secondary N) is 1. The summed E-state index contributed by atoms with van der Waals surface area (Å²) in [6.07, 6.45) is 2.76. The molecule has 0 atom stereocenters. The lowest BCUT2D eigenvalue weighted by molar-refractivity contribution is 0.534. The first-order valence-corrected chi connectivity index (χ1v) is 3.52. The average Bonchev–Trinajstić information content (AvgIpc) is 2.45. The predicted molar refractivity (Wildman–Crippen MR) is 40.2 cm³/mol. The number of hydrogen-bond acceptors (Lipinski definition) is 1. The van der Waals surface area contributed by atoms with Gasteiger partial charge in [0.1, 0.15) is 0 Å². The number of allylic oxidation sites excluding steroid dienone is 1. The smallest absolute Gasteiger partial charge is 0.0197 e. The van der Waals surface area contributed by atoms with Gasteiger partial charge in [-0.15, -0.1) is 0 Å². The molecular formula is C8H15N. The molecule has 1 aliphatic carbocycles. The number of hydrogen-bond donors (Lipinski definition) is 1. The van der Waals surface area contributed by atoms with Gasteiger partial charge in [-0.3, -0.25) is 0 Å². The molecule has 0 amide bonds. The van der Waals surface area contributed by atoms with Crippen LogP contribution in [-0.2, 0) is 0 Å². The monoisotopic (exact) mass is 125 g/mol. The minimum atomic E-state index is 0.610. The Morgan fingerprint density at radius 2 is 2.22 bits per heavy atom. The summed E-state index contributed by atoms with van der Waals surface area (Å²) in [6.45, 7) is 9.20. The van der Waals surface area contributed by atoms with Gasteiger partial charge in [0.2, 0.25) is 0 Å². The summed E-state index contributed by atoms with van der Waals surface area (Å²) in [4.78, 5) is 0. The maximum atomic E-state index is 3.77. The van der Waals surface area contributed by atoms with Crippen LogP contribution in [0.3, 0.4) is 0 Å². The van der Waals surface area contributed by atoms with Gasteiger partial charge in [0, 0.05) is 12.2 Å². The highest BCUT2D eigenvalue weighted by Gasteiger charge is 2.36. The van der Waals surface area contributed by atoms with Gasteiger partial charge in [-0.2, -0.15) is 0 Å². The molecule has 9 heavy (non-hydrogen) atoms. The van der Waals surface area contributed by atoms with Crippen molar-refractivity contribution >= 4 is 0 Å². The van der Waals surface area contributed by atoms with Crippen molar-refractivity contribution in [2.45, 2.75) is 26.7 Å². The molecule has 1 N–H and O–H groups in total. The third kappa shape index (κ3) is 2.08. The summed E-state index contributed by atoms with van der Waals surface area (Å²) >= 11 is 0. The topological polar surface area (TPSA) is 12.0 Å². The molecule has 0 unspecified atom stereocenters. The molecule has 0 aromatic carbocycles. The third-order valence-electron chi connectivity index (χ3n) is 1.92. The Bertz CT molecular complexity index is 123. The molecule has 0 spiro atoms. The van der Waals surface area contributed by atoms with Crippen LogP contribution >= 0.6 is 0 Å². The van der Waals surface area contributed by atoms with Crippen LogP contribution in [-0.4, -0.2) is 6.54 Å². The molecule has 0 bridgehead atoms. The molecule has 52 valence electrons. The Balaban J connectivity index is 2.12. The Morgan fingerprint density at radius 1 is 1.67 bits per heavy atom. The van der Waals surface area contributed by atoms with Crippen LogP contribution in [0.15, 0.2) is 12.3 Å². The lowest BCUT2D eigenvalue weighted by Crippen LogP contribution is -2.19. The molecule has 0 saturated heterocycles. The Labute approximate surface area is 57.1 Å². The van der Waals surface area contributed by atoms with Crippen molar-refractivity contribution < 1.29 is 0 Å². The van der Waals surface area contributed by atoms with Crippen molar-refractivity contribution in [2.24, 2.45) is 5.41 Å². The van der Waals surface area contributed by atoms with Crippen LogP contribution in [0.25, 0.3) is 0 Å². The number of rotatable bonds is 3. The van der Waals surface area contributed by atoms with E-state index in [-0.39, 0.29) is 0 Å². The molecule has 0 aromatic heterocycles. The predicted octanol–water partition coefficient (Wildman–Crippen LogP) is 1.91. The zero-order valence-electron chi connectivity index (χ0n) is 6.33. The third-order valence-corrected chi connectivity index (χ3v) is 1.92. The Kier molecular flexibility index (Phi) is 1.52. The fourth-order valence-electron chi connectivity index (χ4n) is 0.754. The normalized spacial score (nSPS) is 21.1. The first kappa shape index (κ1) is 6.66. The molecule has 1 nitrogen and oxygen atoms in total. The van der Waals surface area contributed by atoms with Gasteiger partial charge in [0.05, 0.1) is 0 Å². The summed E-state index contributed by atoms with van der Waals surface area (Å²) in [5, 5.41) is 3.25. The standard InChI is InChI=1S/C8H15N/c1-7(2)9-6-8(3)4-5-8/h9H,1,4-6H2,2-3H3. The molecular weight excluding hydrogens is 110 g/mol. The van der Waals surface area contributed by atoms with E-state index in [4.69, 9.17) is 0 Å². The van der Waals surface area contributed by atoms with E-state index >= 15 is 0 Å². The van der Waals surface area contributed by atoms with E-state index in [0.717, 1.165) is 12.2 Å². The van der Waals surface area contributed by atoms with Crippen molar-refractivity contribution in [2.75, 3.05) is 6.54 Å². The molecule has 0 radical (unpaired) electrons. The average molecular weight is 125 g/mol. The molecule has 1 saturated carbocycles. The van der Waals surface area contributed by atoms with Crippen LogP contribution < -0.4 is 5.32 Å². The molecule has 1 fully saturated rings. The lowest BCUT2D eigenvalue weighted by atomic mass is 10.1. The fourth-order valence-corrected chi connectivity index (χ4v) is 0.754. The van der Waals surface area contributed by atoms with Crippen LogP contribution in [0.2, 0.25) is 0 Å². The minimum Gasteiger partial charge on any atom is -0.388 e. The summed E-state index contributed by atoms with van der Waals surface area (Å²) in [6, 6.07) is 0. The second-order valence-electron chi connectivity index (χ2n) is 3.44.